The molecule has 0 saturated carbocycles. The average Bonchev–Trinajstić information content (AvgIpc) is 2.59. The molecule has 2 heteroatoms. The van der Waals surface area contributed by atoms with Gasteiger partial charge < -0.3 is 4.90 Å². The van der Waals surface area contributed by atoms with Crippen molar-refractivity contribution in [1.82, 2.24) is 4.90 Å². The van der Waals surface area contributed by atoms with E-state index in [4.69, 9.17) is 0 Å². The first-order valence-corrected chi connectivity index (χ1v) is 6.04. The predicted octanol–water partition coefficient (Wildman–Crippen LogP) is 3.14. The van der Waals surface area contributed by atoms with E-state index in [0.717, 1.165) is 24.9 Å². The quantitative estimate of drug-likeness (QED) is 0.761. The highest BCUT2D eigenvalue weighted by atomic mass is 16.2. The van der Waals surface area contributed by atoms with Crippen LogP contribution in [0.2, 0.25) is 0 Å². The van der Waals surface area contributed by atoms with Crippen LogP contribution in [0, 0.1) is 6.92 Å². The Morgan fingerprint density at radius 1 is 1.44 bits per heavy atom. The van der Waals surface area contributed by atoms with Gasteiger partial charge in [-0.05, 0) is 37.5 Å². The molecule has 0 N–H and O–H groups in total. The molecule has 1 aliphatic rings. The number of aryl methyl sites for hydroxylation is 1. The van der Waals surface area contributed by atoms with Gasteiger partial charge in [-0.3, -0.25) is 4.79 Å². The molecule has 1 atom stereocenters. The molecule has 1 aromatic rings. The lowest BCUT2D eigenvalue weighted by atomic mass is 10.1. The van der Waals surface area contributed by atoms with E-state index in [1.54, 1.807) is 0 Å². The van der Waals surface area contributed by atoms with E-state index in [9.17, 15) is 4.79 Å². The van der Waals surface area contributed by atoms with Gasteiger partial charge in [0.2, 0.25) is 0 Å². The molecule has 0 spiro atoms. The van der Waals surface area contributed by atoms with Crippen molar-refractivity contribution >= 4 is 5.91 Å². The molecule has 1 unspecified atom stereocenters. The van der Waals surface area contributed by atoms with Gasteiger partial charge in [0.05, 0.1) is 0 Å². The molecule has 2 rings (SSSR count). The van der Waals surface area contributed by atoms with Crippen LogP contribution in [0.25, 0.3) is 0 Å². The number of hydrogen-bond acceptors (Lipinski definition) is 1. The van der Waals surface area contributed by atoms with Crippen LogP contribution in [0.15, 0.2) is 18.2 Å². The van der Waals surface area contributed by atoms with Crippen LogP contribution in [0.3, 0.4) is 0 Å². The number of hydrogen-bond donors (Lipinski definition) is 0. The summed E-state index contributed by atoms with van der Waals surface area (Å²) in [7, 11) is 0. The van der Waals surface area contributed by atoms with E-state index < -0.39 is 0 Å². The smallest absolute Gasteiger partial charge is 0.254 e. The monoisotopic (exact) mass is 217 g/mol. The van der Waals surface area contributed by atoms with Gasteiger partial charge in [-0.15, -0.1) is 0 Å². The lowest BCUT2D eigenvalue weighted by Crippen LogP contribution is -2.33. The summed E-state index contributed by atoms with van der Waals surface area (Å²) in [5.41, 5.74) is 3.36. The van der Waals surface area contributed by atoms with Gasteiger partial charge in [-0.2, -0.15) is 0 Å². The molecule has 0 fully saturated rings. The summed E-state index contributed by atoms with van der Waals surface area (Å²) in [4.78, 5) is 14.2. The zero-order valence-corrected chi connectivity index (χ0v) is 10.3. The molecule has 0 aliphatic carbocycles. The number of carbonyl (C=O) groups is 1. The van der Waals surface area contributed by atoms with Crippen LogP contribution in [-0.4, -0.2) is 16.8 Å². The molecule has 1 heterocycles. The van der Waals surface area contributed by atoms with Gasteiger partial charge in [0.1, 0.15) is 0 Å². The van der Waals surface area contributed by atoms with E-state index in [2.05, 4.69) is 26.8 Å². The standard InChI is InChI=1S/C14H19NO/c1-4-6-11(3)15-9-13-10(2)7-5-8-12(13)14(15)16/h5,7-8,11H,4,6,9H2,1-3H3. The van der Waals surface area contributed by atoms with Crippen molar-refractivity contribution in [3.8, 4) is 0 Å². The second kappa shape index (κ2) is 4.28. The highest BCUT2D eigenvalue weighted by Gasteiger charge is 2.30. The molecule has 0 radical (unpaired) electrons. The Hall–Kier alpha value is -1.31. The first-order chi connectivity index (χ1) is 7.65. The largest absolute Gasteiger partial charge is 0.332 e. The lowest BCUT2D eigenvalue weighted by molar-refractivity contribution is 0.0709. The maximum atomic E-state index is 12.2. The maximum absolute atomic E-state index is 12.2. The maximum Gasteiger partial charge on any atom is 0.254 e. The average molecular weight is 217 g/mol. The summed E-state index contributed by atoms with van der Waals surface area (Å²) in [6, 6.07) is 6.35. The Morgan fingerprint density at radius 3 is 2.81 bits per heavy atom. The van der Waals surface area contributed by atoms with Crippen LogP contribution in [0.5, 0.6) is 0 Å². The summed E-state index contributed by atoms with van der Waals surface area (Å²) >= 11 is 0. The fraction of sp³-hybridized carbons (Fsp3) is 0.500. The summed E-state index contributed by atoms with van der Waals surface area (Å²) in [5.74, 6) is 0.208. The molecular weight excluding hydrogens is 198 g/mol. The first kappa shape index (κ1) is 11.2. The minimum atomic E-state index is 0.208. The van der Waals surface area contributed by atoms with Crippen LogP contribution in [-0.2, 0) is 6.54 Å². The van der Waals surface area contributed by atoms with Gasteiger partial charge in [0.15, 0.2) is 0 Å². The summed E-state index contributed by atoms with van der Waals surface area (Å²) in [5, 5.41) is 0. The number of rotatable bonds is 3. The Balaban J connectivity index is 2.27. The number of amides is 1. The number of nitrogens with zero attached hydrogens (tertiary/aromatic N) is 1. The second-order valence-corrected chi connectivity index (χ2v) is 4.67. The van der Waals surface area contributed by atoms with Crippen molar-refractivity contribution in [3.05, 3.63) is 34.9 Å². The molecule has 1 aromatic carbocycles. The third-order valence-corrected chi connectivity index (χ3v) is 3.47. The molecule has 86 valence electrons. The molecular formula is C14H19NO. The fourth-order valence-electron chi connectivity index (χ4n) is 2.44. The predicted molar refractivity (Wildman–Crippen MR) is 65.4 cm³/mol. The number of benzene rings is 1. The number of carbonyl (C=O) groups excluding carboxylic acids is 1. The van der Waals surface area contributed by atoms with E-state index >= 15 is 0 Å². The molecule has 0 aromatic heterocycles. The van der Waals surface area contributed by atoms with Crippen molar-refractivity contribution in [2.45, 2.75) is 46.2 Å². The van der Waals surface area contributed by atoms with Crippen molar-refractivity contribution in [2.24, 2.45) is 0 Å². The first-order valence-electron chi connectivity index (χ1n) is 6.04. The van der Waals surface area contributed by atoms with Crippen LogP contribution >= 0.6 is 0 Å². The lowest BCUT2D eigenvalue weighted by Gasteiger charge is -2.23. The van der Waals surface area contributed by atoms with Gasteiger partial charge in [0, 0.05) is 18.2 Å². The van der Waals surface area contributed by atoms with Crippen molar-refractivity contribution < 1.29 is 4.79 Å². The minimum absolute atomic E-state index is 0.208. The Morgan fingerprint density at radius 2 is 2.19 bits per heavy atom. The third-order valence-electron chi connectivity index (χ3n) is 3.47. The molecule has 1 aliphatic heterocycles. The highest BCUT2D eigenvalue weighted by Crippen LogP contribution is 2.28. The van der Waals surface area contributed by atoms with Crippen molar-refractivity contribution in [3.63, 3.8) is 0 Å². The molecule has 16 heavy (non-hydrogen) atoms. The fourth-order valence-corrected chi connectivity index (χ4v) is 2.44. The Labute approximate surface area is 97.3 Å². The highest BCUT2D eigenvalue weighted by molar-refractivity contribution is 5.98. The molecule has 1 amide bonds. The van der Waals surface area contributed by atoms with Gasteiger partial charge in [-0.1, -0.05) is 25.5 Å². The van der Waals surface area contributed by atoms with Gasteiger partial charge in [-0.25, -0.2) is 0 Å². The normalized spacial score (nSPS) is 16.4. The topological polar surface area (TPSA) is 20.3 Å². The molecule has 0 bridgehead atoms. The summed E-state index contributed by atoms with van der Waals surface area (Å²) in [6.45, 7) is 7.18. The molecule has 2 nitrogen and oxygen atoms in total. The Bertz CT molecular complexity index is 411. The summed E-state index contributed by atoms with van der Waals surface area (Å²) < 4.78 is 0. The van der Waals surface area contributed by atoms with E-state index in [1.807, 2.05) is 17.0 Å². The SMILES string of the molecule is CCCC(C)N1Cc2c(C)cccc2C1=O. The van der Waals surface area contributed by atoms with Gasteiger partial charge >= 0.3 is 0 Å². The zero-order valence-electron chi connectivity index (χ0n) is 10.3. The Kier molecular flexibility index (Phi) is 2.99. The zero-order chi connectivity index (χ0) is 11.7. The van der Waals surface area contributed by atoms with Crippen LogP contribution in [0.4, 0.5) is 0 Å². The number of fused-ring (bicyclic) bond motifs is 1. The third kappa shape index (κ3) is 1.73. The van der Waals surface area contributed by atoms with E-state index in [-0.39, 0.29) is 5.91 Å². The van der Waals surface area contributed by atoms with Crippen LogP contribution < -0.4 is 0 Å². The summed E-state index contributed by atoms with van der Waals surface area (Å²) in [6.07, 6.45) is 2.21. The van der Waals surface area contributed by atoms with Crippen molar-refractivity contribution in [1.29, 1.82) is 0 Å². The second-order valence-electron chi connectivity index (χ2n) is 4.67. The van der Waals surface area contributed by atoms with Crippen LogP contribution in [0.1, 0.15) is 48.2 Å². The van der Waals surface area contributed by atoms with E-state index in [1.165, 1.54) is 11.1 Å². The molecule has 0 saturated heterocycles. The van der Waals surface area contributed by atoms with E-state index in [0.29, 0.717) is 6.04 Å². The van der Waals surface area contributed by atoms with Gasteiger partial charge in [0.25, 0.3) is 5.91 Å². The minimum Gasteiger partial charge on any atom is -0.332 e. The van der Waals surface area contributed by atoms with Crippen molar-refractivity contribution in [2.75, 3.05) is 0 Å².